The number of amides is 2. The van der Waals surface area contributed by atoms with E-state index in [0.717, 1.165) is 70.6 Å². The Labute approximate surface area is 374 Å². The number of carbonyl (C=O) groups excluding carboxylic acids is 5. The van der Waals surface area contributed by atoms with Gasteiger partial charge in [0.1, 0.15) is 30.6 Å². The molecule has 364 valence electrons. The van der Waals surface area contributed by atoms with Gasteiger partial charge in [-0.3, -0.25) is 33.6 Å². The van der Waals surface area contributed by atoms with Crippen LogP contribution in [-0.2, 0) is 52.5 Å². The second kappa shape index (κ2) is 45.7. The lowest BCUT2D eigenvalue weighted by atomic mass is 9.89. The van der Waals surface area contributed by atoms with E-state index in [1.165, 1.54) is 51.4 Å². The van der Waals surface area contributed by atoms with Crippen LogP contribution in [0.15, 0.2) is 0 Å². The zero-order valence-electron chi connectivity index (χ0n) is 39.1. The fourth-order valence-electron chi connectivity index (χ4n) is 6.39. The maximum absolute atomic E-state index is 12.3. The zero-order valence-corrected chi connectivity index (χ0v) is 39.1. The molecule has 0 saturated heterocycles. The van der Waals surface area contributed by atoms with Gasteiger partial charge in [-0.05, 0) is 45.4 Å². The van der Waals surface area contributed by atoms with E-state index >= 15 is 0 Å². The van der Waals surface area contributed by atoms with Crippen molar-refractivity contribution in [2.45, 2.75) is 181 Å². The molecular formula is C47H88N2O13. The first-order valence-corrected chi connectivity index (χ1v) is 23.6. The summed E-state index contributed by atoms with van der Waals surface area (Å²) in [6, 6.07) is 0. The van der Waals surface area contributed by atoms with Gasteiger partial charge in [-0.15, -0.1) is 0 Å². The first-order chi connectivity index (χ1) is 29.8. The van der Waals surface area contributed by atoms with Gasteiger partial charge in [-0.1, -0.05) is 104 Å². The van der Waals surface area contributed by atoms with Crippen molar-refractivity contribution in [2.75, 3.05) is 66.4 Å². The van der Waals surface area contributed by atoms with Crippen LogP contribution in [0, 0.1) is 11.8 Å². The Morgan fingerprint density at radius 1 is 0.532 bits per heavy atom. The summed E-state index contributed by atoms with van der Waals surface area (Å²) in [6.45, 7) is 8.33. The normalized spacial score (nSPS) is 11.9. The number of carbonyl (C=O) groups is 7. The lowest BCUT2D eigenvalue weighted by molar-refractivity contribution is -0.138. The summed E-state index contributed by atoms with van der Waals surface area (Å²) in [7, 11) is 1.57. The van der Waals surface area contributed by atoms with E-state index < -0.39 is 17.9 Å². The molecule has 0 aromatic rings. The number of carboxylic acid groups (broad SMARTS) is 2. The van der Waals surface area contributed by atoms with Crippen LogP contribution in [0.5, 0.6) is 0 Å². The molecule has 15 nitrogen and oxygen atoms in total. The number of ether oxygens (including phenoxy) is 4. The van der Waals surface area contributed by atoms with Crippen molar-refractivity contribution in [3.05, 3.63) is 0 Å². The number of hydrogen-bond acceptors (Lipinski definition) is 11. The molecule has 0 aromatic heterocycles. The predicted molar refractivity (Wildman–Crippen MR) is 242 cm³/mol. The molecule has 2 atom stereocenters. The van der Waals surface area contributed by atoms with Crippen LogP contribution in [-0.4, -0.2) is 118 Å². The second-order valence-electron chi connectivity index (χ2n) is 16.2. The van der Waals surface area contributed by atoms with Crippen molar-refractivity contribution in [3.63, 3.8) is 0 Å². The van der Waals surface area contributed by atoms with Crippen LogP contribution in [0.3, 0.4) is 0 Å². The van der Waals surface area contributed by atoms with Crippen molar-refractivity contribution in [2.24, 2.45) is 11.8 Å². The topological polar surface area (TPSA) is 221 Å². The van der Waals surface area contributed by atoms with Gasteiger partial charge in [0.05, 0.1) is 33.0 Å². The third-order valence-electron chi connectivity index (χ3n) is 10.4. The van der Waals surface area contributed by atoms with Crippen LogP contribution < -0.4 is 10.6 Å². The number of unbranched alkanes of at least 4 members (excludes halogenated alkanes) is 15. The fraction of sp³-hybridized carbons (Fsp3) is 0.851. The van der Waals surface area contributed by atoms with Gasteiger partial charge in [0.15, 0.2) is 0 Å². The average molecular weight is 889 g/mol. The zero-order chi connectivity index (χ0) is 46.5. The SMILES string of the molecule is CCCCC(=O)[C@H](CCC(=O)O)CC(=O)CCCCCCCCCCCCCCCCC(=O)O.COCCOCC(=O)NCCOCCOCC(=O)NCCCC[C@H](C)C(C)=O.[HH]. The summed E-state index contributed by atoms with van der Waals surface area (Å²) >= 11 is 0. The molecule has 2 amide bonds. The summed E-state index contributed by atoms with van der Waals surface area (Å²) in [6.07, 6.45) is 22.0. The highest BCUT2D eigenvalue weighted by molar-refractivity contribution is 5.88. The number of nitrogens with one attached hydrogen (secondary N) is 2. The molecule has 0 rings (SSSR count). The molecule has 0 saturated carbocycles. The Morgan fingerprint density at radius 3 is 1.52 bits per heavy atom. The number of carboxylic acids is 2. The summed E-state index contributed by atoms with van der Waals surface area (Å²) in [4.78, 5) is 80.0. The molecule has 0 fully saturated rings. The Hall–Kier alpha value is -3.27. The molecule has 15 heteroatoms. The first-order valence-electron chi connectivity index (χ1n) is 23.6. The summed E-state index contributed by atoms with van der Waals surface area (Å²) in [5.41, 5.74) is 0. The fourth-order valence-corrected chi connectivity index (χ4v) is 6.39. The molecule has 0 unspecified atom stereocenters. The van der Waals surface area contributed by atoms with Crippen molar-refractivity contribution < 1.29 is 64.1 Å². The Kier molecular flexibility index (Phi) is 44.9. The minimum atomic E-state index is -0.911. The molecule has 0 spiro atoms. The highest BCUT2D eigenvalue weighted by atomic mass is 16.5. The van der Waals surface area contributed by atoms with Gasteiger partial charge in [0, 0.05) is 65.6 Å². The van der Waals surface area contributed by atoms with E-state index in [0.29, 0.717) is 65.4 Å². The predicted octanol–water partition coefficient (Wildman–Crippen LogP) is 8.07. The van der Waals surface area contributed by atoms with Gasteiger partial charge in [-0.2, -0.15) is 0 Å². The van der Waals surface area contributed by atoms with Gasteiger partial charge in [-0.25, -0.2) is 0 Å². The van der Waals surface area contributed by atoms with Crippen LogP contribution >= 0.6 is 0 Å². The maximum Gasteiger partial charge on any atom is 0.303 e. The largest absolute Gasteiger partial charge is 0.481 e. The average Bonchev–Trinajstić information content (AvgIpc) is 3.23. The van der Waals surface area contributed by atoms with E-state index in [1.54, 1.807) is 14.0 Å². The monoisotopic (exact) mass is 889 g/mol. The summed E-state index contributed by atoms with van der Waals surface area (Å²) in [5, 5.41) is 22.9. The highest BCUT2D eigenvalue weighted by Crippen LogP contribution is 2.19. The smallest absolute Gasteiger partial charge is 0.303 e. The van der Waals surface area contributed by atoms with Gasteiger partial charge < -0.3 is 39.8 Å². The van der Waals surface area contributed by atoms with Crippen LogP contribution in [0.1, 0.15) is 183 Å². The molecule has 0 heterocycles. The van der Waals surface area contributed by atoms with E-state index in [-0.39, 0.29) is 69.0 Å². The van der Waals surface area contributed by atoms with Gasteiger partial charge in [0.2, 0.25) is 11.8 Å². The first kappa shape index (κ1) is 60.8. The number of aliphatic carboxylic acids is 2. The van der Waals surface area contributed by atoms with Crippen LogP contribution in [0.25, 0.3) is 0 Å². The number of Topliss-reactive ketones (excluding diaryl/α,β-unsaturated/α-hetero) is 3. The molecular weight excluding hydrogens is 801 g/mol. The molecule has 0 radical (unpaired) electrons. The molecule has 0 aromatic carbocycles. The highest BCUT2D eigenvalue weighted by Gasteiger charge is 2.22. The van der Waals surface area contributed by atoms with Gasteiger partial charge in [0.25, 0.3) is 0 Å². The molecule has 62 heavy (non-hydrogen) atoms. The standard InChI is InChI=1S/C28H50O6.C19H36N2O7.H2/c1-2-3-19-26(30)24(21-22-28(33)34)23-25(29)18-16-14-12-10-8-6-4-5-7-9-11-13-15-17-20-27(31)32;1-16(17(2)22)6-4-5-7-20-18(23)14-28-13-12-26-9-8-21-19(24)15-27-11-10-25-3;/h24H,2-23H2,1H3,(H,31,32)(H,33,34);16H,4-15H2,1-3H3,(H,20,23)(H,21,24);1H/t24-;16-;/m10./s1. The Balaban J connectivity index is -0.00000115. The number of hydrogen-bond donors (Lipinski definition) is 4. The van der Waals surface area contributed by atoms with Crippen LogP contribution in [0.4, 0.5) is 0 Å². The molecule has 4 N–H and O–H groups in total. The quantitative estimate of drug-likeness (QED) is 0.0426. The molecule has 0 aliphatic heterocycles. The molecule has 0 aliphatic carbocycles. The van der Waals surface area contributed by atoms with E-state index in [4.69, 9.17) is 29.2 Å². The number of methoxy groups -OCH3 is 1. The van der Waals surface area contributed by atoms with Gasteiger partial charge >= 0.3 is 11.9 Å². The van der Waals surface area contributed by atoms with Crippen molar-refractivity contribution in [3.8, 4) is 0 Å². The maximum atomic E-state index is 12.3. The third kappa shape index (κ3) is 46.2. The molecule has 0 aliphatic rings. The van der Waals surface area contributed by atoms with Crippen molar-refractivity contribution in [1.29, 1.82) is 0 Å². The van der Waals surface area contributed by atoms with E-state index in [9.17, 15) is 33.6 Å². The summed E-state index contributed by atoms with van der Waals surface area (Å²) in [5.74, 6) is -1.96. The van der Waals surface area contributed by atoms with E-state index in [1.807, 2.05) is 13.8 Å². The molecule has 0 bridgehead atoms. The Morgan fingerprint density at radius 2 is 1.02 bits per heavy atom. The second-order valence-corrected chi connectivity index (χ2v) is 16.2. The minimum absolute atomic E-state index is 0. The van der Waals surface area contributed by atoms with Crippen molar-refractivity contribution >= 4 is 41.1 Å². The minimum Gasteiger partial charge on any atom is -0.481 e. The number of ketones is 3. The lowest BCUT2D eigenvalue weighted by Gasteiger charge is -2.14. The summed E-state index contributed by atoms with van der Waals surface area (Å²) < 4.78 is 20.4. The van der Waals surface area contributed by atoms with Crippen molar-refractivity contribution in [1.82, 2.24) is 10.6 Å². The van der Waals surface area contributed by atoms with E-state index in [2.05, 4.69) is 10.6 Å². The Bertz CT molecular complexity index is 1170. The third-order valence-corrected chi connectivity index (χ3v) is 10.4. The lowest BCUT2D eigenvalue weighted by Crippen LogP contribution is -2.31. The number of rotatable bonds is 45. The van der Waals surface area contributed by atoms with Crippen LogP contribution in [0.2, 0.25) is 0 Å².